The zero-order valence-electron chi connectivity index (χ0n) is 14.1. The van der Waals surface area contributed by atoms with Crippen LogP contribution in [0.4, 0.5) is 13.2 Å². The maximum absolute atomic E-state index is 12.6. The number of amides is 1. The molecule has 0 aliphatic carbocycles. The van der Waals surface area contributed by atoms with E-state index in [9.17, 15) is 18.0 Å². The van der Waals surface area contributed by atoms with Gasteiger partial charge in [-0.25, -0.2) is 0 Å². The fourth-order valence-corrected chi connectivity index (χ4v) is 2.72. The Morgan fingerprint density at radius 1 is 1.28 bits per heavy atom. The predicted molar refractivity (Wildman–Crippen MR) is 90.8 cm³/mol. The SMILES string of the molecule is CC1=C(C(=O)N(C)C)C(c2ccc(OC(F)(F)F)cc2)NC(=S)N1C. The highest BCUT2D eigenvalue weighted by Crippen LogP contribution is 2.32. The first kappa shape index (κ1) is 19.0. The van der Waals surface area contributed by atoms with Gasteiger partial charge in [0.05, 0.1) is 11.6 Å². The largest absolute Gasteiger partial charge is 0.573 e. The maximum atomic E-state index is 12.6. The van der Waals surface area contributed by atoms with Crippen molar-refractivity contribution in [3.63, 3.8) is 0 Å². The second-order valence-electron chi connectivity index (χ2n) is 5.76. The van der Waals surface area contributed by atoms with Gasteiger partial charge in [0.25, 0.3) is 5.91 Å². The molecule has 1 N–H and O–H groups in total. The minimum absolute atomic E-state index is 0.208. The van der Waals surface area contributed by atoms with Crippen LogP contribution in [0.5, 0.6) is 5.75 Å². The van der Waals surface area contributed by atoms with Gasteiger partial charge >= 0.3 is 6.36 Å². The van der Waals surface area contributed by atoms with Crippen LogP contribution in [0.1, 0.15) is 18.5 Å². The Balaban J connectivity index is 2.41. The molecule has 0 aromatic heterocycles. The number of nitrogens with zero attached hydrogens (tertiary/aromatic N) is 2. The van der Waals surface area contributed by atoms with E-state index in [1.54, 1.807) is 33.0 Å². The van der Waals surface area contributed by atoms with E-state index in [1.807, 2.05) is 0 Å². The summed E-state index contributed by atoms with van der Waals surface area (Å²) in [5.41, 5.74) is 1.77. The Morgan fingerprint density at radius 2 is 1.84 bits per heavy atom. The van der Waals surface area contributed by atoms with Gasteiger partial charge < -0.3 is 19.9 Å². The molecule has 2 rings (SSSR count). The molecule has 1 aliphatic rings. The van der Waals surface area contributed by atoms with Crippen LogP contribution in [0.3, 0.4) is 0 Å². The first-order valence-electron chi connectivity index (χ1n) is 7.33. The minimum atomic E-state index is -4.75. The Morgan fingerprint density at radius 3 is 2.32 bits per heavy atom. The lowest BCUT2D eigenvalue weighted by molar-refractivity contribution is -0.274. The van der Waals surface area contributed by atoms with Gasteiger partial charge in [0.2, 0.25) is 0 Å². The molecular formula is C16H18F3N3O2S. The lowest BCUT2D eigenvalue weighted by Crippen LogP contribution is -2.47. The number of hydrogen-bond acceptors (Lipinski definition) is 3. The lowest BCUT2D eigenvalue weighted by Gasteiger charge is -2.36. The van der Waals surface area contributed by atoms with Gasteiger partial charge in [-0.15, -0.1) is 13.2 Å². The molecule has 9 heteroatoms. The summed E-state index contributed by atoms with van der Waals surface area (Å²) in [6, 6.07) is 4.81. The van der Waals surface area contributed by atoms with Crippen LogP contribution < -0.4 is 10.1 Å². The molecule has 1 atom stereocenters. The zero-order chi connectivity index (χ0) is 18.9. The molecule has 1 amide bonds. The molecule has 0 bridgehead atoms. The van der Waals surface area contributed by atoms with Crippen molar-refractivity contribution in [1.82, 2.24) is 15.1 Å². The summed E-state index contributed by atoms with van der Waals surface area (Å²) in [5.74, 6) is -0.534. The van der Waals surface area contributed by atoms with Gasteiger partial charge in [-0.1, -0.05) is 12.1 Å². The summed E-state index contributed by atoms with van der Waals surface area (Å²) in [7, 11) is 5.00. The first-order valence-corrected chi connectivity index (χ1v) is 7.74. The highest BCUT2D eigenvalue weighted by Gasteiger charge is 2.34. The first-order chi connectivity index (χ1) is 11.5. The van der Waals surface area contributed by atoms with Crippen molar-refractivity contribution in [2.24, 2.45) is 0 Å². The standard InChI is InChI=1S/C16H18F3N3O2S/c1-9-12(14(23)21(2)3)13(20-15(25)22(9)4)10-5-7-11(8-6-10)24-16(17,18)19/h5-8,13H,1-4H3,(H,20,25). The Hall–Kier alpha value is -2.29. The van der Waals surface area contributed by atoms with Gasteiger partial charge in [-0.2, -0.15) is 0 Å². The van der Waals surface area contributed by atoms with E-state index in [1.165, 1.54) is 29.2 Å². The molecule has 1 aromatic carbocycles. The molecule has 0 fully saturated rings. The van der Waals surface area contributed by atoms with Crippen LogP contribution in [0.2, 0.25) is 0 Å². The number of carbonyl (C=O) groups excluding carboxylic acids is 1. The van der Waals surface area contributed by atoms with E-state index >= 15 is 0 Å². The number of rotatable bonds is 3. The normalized spacial score (nSPS) is 18.1. The van der Waals surface area contributed by atoms with Gasteiger partial charge in [-0.3, -0.25) is 4.79 Å². The second-order valence-corrected chi connectivity index (χ2v) is 6.14. The van der Waals surface area contributed by atoms with Crippen LogP contribution in [0, 0.1) is 0 Å². The van der Waals surface area contributed by atoms with Gasteiger partial charge in [0.1, 0.15) is 5.75 Å². The number of benzene rings is 1. The molecule has 136 valence electrons. The van der Waals surface area contributed by atoms with E-state index in [4.69, 9.17) is 12.2 Å². The summed E-state index contributed by atoms with van der Waals surface area (Å²) in [5, 5.41) is 3.48. The van der Waals surface area contributed by atoms with Crippen molar-refractivity contribution in [1.29, 1.82) is 0 Å². The summed E-state index contributed by atoms with van der Waals surface area (Å²) < 4.78 is 40.7. The number of ether oxygens (including phenoxy) is 1. The van der Waals surface area contributed by atoms with Crippen LogP contribution in [-0.4, -0.2) is 48.3 Å². The van der Waals surface area contributed by atoms with Gasteiger partial charge in [0.15, 0.2) is 5.11 Å². The van der Waals surface area contributed by atoms with Crippen LogP contribution in [0.15, 0.2) is 35.5 Å². The van der Waals surface area contributed by atoms with Crippen LogP contribution >= 0.6 is 12.2 Å². The number of halogens is 3. The Labute approximate surface area is 149 Å². The van der Waals surface area contributed by atoms with Crippen molar-refractivity contribution in [3.8, 4) is 5.75 Å². The van der Waals surface area contributed by atoms with Crippen molar-refractivity contribution >= 4 is 23.2 Å². The second kappa shape index (κ2) is 6.91. The van der Waals surface area contributed by atoms with E-state index < -0.39 is 12.4 Å². The van der Waals surface area contributed by atoms with Gasteiger partial charge in [0, 0.05) is 26.8 Å². The lowest BCUT2D eigenvalue weighted by atomic mass is 9.94. The average molecular weight is 373 g/mol. The Kier molecular flexibility index (Phi) is 5.26. The number of thiocarbonyl (C=S) groups is 1. The smallest absolute Gasteiger partial charge is 0.406 e. The summed E-state index contributed by atoms with van der Waals surface area (Å²) in [6.45, 7) is 1.78. The number of hydrogen-bond donors (Lipinski definition) is 1. The average Bonchev–Trinajstić information content (AvgIpc) is 2.51. The summed E-state index contributed by atoms with van der Waals surface area (Å²) in [6.07, 6.45) is -4.75. The number of alkyl halides is 3. The van der Waals surface area contributed by atoms with E-state index in [0.717, 1.165) is 0 Å². The van der Waals surface area contributed by atoms with Crippen molar-refractivity contribution in [3.05, 3.63) is 41.1 Å². The number of likely N-dealkylation sites (N-methyl/N-ethyl adjacent to an activating group) is 1. The highest BCUT2D eigenvalue weighted by atomic mass is 32.1. The monoisotopic (exact) mass is 373 g/mol. The molecule has 25 heavy (non-hydrogen) atoms. The zero-order valence-corrected chi connectivity index (χ0v) is 15.0. The predicted octanol–water partition coefficient (Wildman–Crippen LogP) is 2.81. The van der Waals surface area contributed by atoms with E-state index in [0.29, 0.717) is 21.9 Å². The molecule has 0 spiro atoms. The third-order valence-electron chi connectivity index (χ3n) is 3.84. The highest BCUT2D eigenvalue weighted by molar-refractivity contribution is 7.80. The summed E-state index contributed by atoms with van der Waals surface area (Å²) >= 11 is 5.27. The molecule has 0 radical (unpaired) electrons. The molecule has 0 saturated carbocycles. The van der Waals surface area contributed by atoms with E-state index in [-0.39, 0.29) is 11.7 Å². The number of allylic oxidation sites excluding steroid dienone is 1. The molecular weight excluding hydrogens is 355 g/mol. The number of nitrogens with one attached hydrogen (secondary N) is 1. The third kappa shape index (κ3) is 4.22. The third-order valence-corrected chi connectivity index (χ3v) is 4.23. The molecule has 0 saturated heterocycles. The molecule has 1 heterocycles. The minimum Gasteiger partial charge on any atom is -0.406 e. The molecule has 1 aromatic rings. The maximum Gasteiger partial charge on any atom is 0.573 e. The molecule has 5 nitrogen and oxygen atoms in total. The Bertz CT molecular complexity index is 714. The molecule has 1 unspecified atom stereocenters. The summed E-state index contributed by atoms with van der Waals surface area (Å²) in [4.78, 5) is 15.7. The number of carbonyl (C=O) groups is 1. The van der Waals surface area contributed by atoms with E-state index in [2.05, 4.69) is 10.1 Å². The van der Waals surface area contributed by atoms with Crippen LogP contribution in [0.25, 0.3) is 0 Å². The fourth-order valence-electron chi connectivity index (χ4n) is 2.47. The topological polar surface area (TPSA) is 44.8 Å². The molecule has 1 aliphatic heterocycles. The van der Waals surface area contributed by atoms with Crippen LogP contribution in [-0.2, 0) is 4.79 Å². The quantitative estimate of drug-likeness (QED) is 0.826. The van der Waals surface area contributed by atoms with Crippen molar-refractivity contribution in [2.45, 2.75) is 19.3 Å². The van der Waals surface area contributed by atoms with Crippen molar-refractivity contribution < 1.29 is 22.7 Å². The van der Waals surface area contributed by atoms with Crippen molar-refractivity contribution in [2.75, 3.05) is 21.1 Å². The fraction of sp³-hybridized carbons (Fsp3) is 0.375. The van der Waals surface area contributed by atoms with Gasteiger partial charge in [-0.05, 0) is 36.8 Å².